The standard InChI is InChI=1S/C19H33N7O5/c1-11(2)16(21)19(31)25-13(5-3-4-6-20)18(30)26-14(7-12-8-22-10-24-12)17(29)23-9-15(27)28/h8,10-11,13-14,16H,3-7,9,20-21H2,1-2H3,(H,22,24)(H,23,29)(H,25,31)(H,26,30)(H,27,28). The monoisotopic (exact) mass is 439 g/mol. The Morgan fingerprint density at radius 1 is 1.10 bits per heavy atom. The van der Waals surface area contributed by atoms with Crippen LogP contribution in [0.15, 0.2) is 12.5 Å². The molecule has 3 amide bonds. The number of hydrogen-bond acceptors (Lipinski definition) is 7. The summed E-state index contributed by atoms with van der Waals surface area (Å²) in [5.74, 6) is -3.05. The smallest absolute Gasteiger partial charge is 0.322 e. The zero-order valence-corrected chi connectivity index (χ0v) is 17.9. The molecule has 0 saturated heterocycles. The predicted molar refractivity (Wildman–Crippen MR) is 113 cm³/mol. The number of rotatable bonds is 14. The molecule has 0 aromatic carbocycles. The van der Waals surface area contributed by atoms with Crippen molar-refractivity contribution in [1.29, 1.82) is 0 Å². The van der Waals surface area contributed by atoms with E-state index < -0.39 is 48.4 Å². The Labute approximate surface area is 180 Å². The van der Waals surface area contributed by atoms with E-state index in [1.54, 1.807) is 13.8 Å². The molecule has 1 rings (SSSR count). The zero-order valence-electron chi connectivity index (χ0n) is 17.9. The number of unbranched alkanes of at least 4 members (excludes halogenated alkanes) is 1. The lowest BCUT2D eigenvalue weighted by Crippen LogP contribution is -2.57. The average Bonchev–Trinajstić information content (AvgIpc) is 3.23. The molecule has 0 aliphatic carbocycles. The van der Waals surface area contributed by atoms with Crippen molar-refractivity contribution in [2.75, 3.05) is 13.1 Å². The van der Waals surface area contributed by atoms with Gasteiger partial charge in [-0.2, -0.15) is 0 Å². The fourth-order valence-corrected chi connectivity index (χ4v) is 2.72. The van der Waals surface area contributed by atoms with E-state index in [4.69, 9.17) is 16.6 Å². The van der Waals surface area contributed by atoms with Crippen LogP contribution in [0.2, 0.25) is 0 Å². The third kappa shape index (κ3) is 9.57. The van der Waals surface area contributed by atoms with Gasteiger partial charge >= 0.3 is 5.97 Å². The van der Waals surface area contributed by atoms with Crippen molar-refractivity contribution in [3.05, 3.63) is 18.2 Å². The Bertz CT molecular complexity index is 723. The largest absolute Gasteiger partial charge is 0.480 e. The second kappa shape index (κ2) is 13.3. The lowest BCUT2D eigenvalue weighted by molar-refractivity contribution is -0.138. The van der Waals surface area contributed by atoms with Gasteiger partial charge in [0, 0.05) is 18.3 Å². The fourth-order valence-electron chi connectivity index (χ4n) is 2.72. The number of hydrogen-bond donors (Lipinski definition) is 7. The van der Waals surface area contributed by atoms with E-state index >= 15 is 0 Å². The maximum atomic E-state index is 12.9. The molecule has 0 radical (unpaired) electrons. The minimum Gasteiger partial charge on any atom is -0.480 e. The van der Waals surface area contributed by atoms with Gasteiger partial charge in [-0.3, -0.25) is 19.2 Å². The van der Waals surface area contributed by atoms with Gasteiger partial charge in [0.15, 0.2) is 0 Å². The molecule has 9 N–H and O–H groups in total. The highest BCUT2D eigenvalue weighted by Gasteiger charge is 2.29. The summed E-state index contributed by atoms with van der Waals surface area (Å²) in [6.07, 6.45) is 4.53. The highest BCUT2D eigenvalue weighted by atomic mass is 16.4. The molecule has 1 aromatic heterocycles. The summed E-state index contributed by atoms with van der Waals surface area (Å²) in [5, 5.41) is 16.3. The Hall–Kier alpha value is -2.99. The SMILES string of the molecule is CC(C)C(N)C(=O)NC(CCCCN)C(=O)NC(Cc1cnc[nH]1)C(=O)NCC(=O)O. The number of aliphatic carboxylic acids is 1. The van der Waals surface area contributed by atoms with Crippen LogP contribution in [-0.4, -0.2) is 70.0 Å². The molecular formula is C19H33N7O5. The molecule has 174 valence electrons. The van der Waals surface area contributed by atoms with E-state index in [2.05, 4.69) is 25.9 Å². The molecule has 1 heterocycles. The number of carboxylic acid groups (broad SMARTS) is 1. The number of H-pyrrole nitrogens is 1. The summed E-state index contributed by atoms with van der Waals surface area (Å²) in [7, 11) is 0. The van der Waals surface area contributed by atoms with E-state index in [9.17, 15) is 19.2 Å². The van der Waals surface area contributed by atoms with E-state index in [1.165, 1.54) is 12.5 Å². The summed E-state index contributed by atoms with van der Waals surface area (Å²) in [5.41, 5.74) is 12.0. The van der Waals surface area contributed by atoms with Crippen molar-refractivity contribution in [3.8, 4) is 0 Å². The second-order valence-electron chi connectivity index (χ2n) is 7.57. The first-order valence-electron chi connectivity index (χ1n) is 10.2. The number of carbonyl (C=O) groups excluding carboxylic acids is 3. The molecule has 12 nitrogen and oxygen atoms in total. The predicted octanol–water partition coefficient (Wildman–Crippen LogP) is -1.77. The van der Waals surface area contributed by atoms with Gasteiger partial charge < -0.3 is 37.5 Å². The quantitative estimate of drug-likeness (QED) is 0.165. The van der Waals surface area contributed by atoms with Gasteiger partial charge in [0.05, 0.1) is 12.4 Å². The van der Waals surface area contributed by atoms with Gasteiger partial charge in [-0.05, 0) is 31.7 Å². The summed E-state index contributed by atoms with van der Waals surface area (Å²) in [6, 6.07) is -2.77. The van der Waals surface area contributed by atoms with Crippen LogP contribution < -0.4 is 27.4 Å². The number of aromatic amines is 1. The third-order valence-corrected chi connectivity index (χ3v) is 4.63. The average molecular weight is 440 g/mol. The van der Waals surface area contributed by atoms with Crippen LogP contribution >= 0.6 is 0 Å². The van der Waals surface area contributed by atoms with Gasteiger partial charge in [0.25, 0.3) is 0 Å². The van der Waals surface area contributed by atoms with Gasteiger partial charge in [-0.1, -0.05) is 13.8 Å². The molecule has 0 bridgehead atoms. The number of carbonyl (C=O) groups is 4. The van der Waals surface area contributed by atoms with Crippen LogP contribution in [0.1, 0.15) is 38.8 Å². The summed E-state index contributed by atoms with van der Waals surface area (Å²) in [6.45, 7) is 3.43. The van der Waals surface area contributed by atoms with Crippen LogP contribution in [-0.2, 0) is 25.6 Å². The molecule has 0 saturated carbocycles. The maximum absolute atomic E-state index is 12.9. The van der Waals surface area contributed by atoms with Crippen molar-refractivity contribution >= 4 is 23.7 Å². The number of nitrogens with zero attached hydrogens (tertiary/aromatic N) is 1. The number of carboxylic acids is 1. The van der Waals surface area contributed by atoms with Crippen LogP contribution in [0.3, 0.4) is 0 Å². The molecule has 0 fully saturated rings. The minimum absolute atomic E-state index is 0.0617. The number of amides is 3. The van der Waals surface area contributed by atoms with Gasteiger partial charge in [-0.15, -0.1) is 0 Å². The lowest BCUT2D eigenvalue weighted by atomic mass is 10.0. The molecule has 12 heteroatoms. The van der Waals surface area contributed by atoms with Crippen LogP contribution in [0.25, 0.3) is 0 Å². The van der Waals surface area contributed by atoms with Crippen molar-refractivity contribution in [3.63, 3.8) is 0 Å². The van der Waals surface area contributed by atoms with Gasteiger partial charge in [0.2, 0.25) is 17.7 Å². The number of imidazole rings is 1. The Morgan fingerprint density at radius 2 is 1.77 bits per heavy atom. The molecular weight excluding hydrogens is 406 g/mol. The highest BCUT2D eigenvalue weighted by molar-refractivity contribution is 5.93. The molecule has 0 spiro atoms. The van der Waals surface area contributed by atoms with Gasteiger partial charge in [-0.25, -0.2) is 4.98 Å². The molecule has 0 aliphatic rings. The first-order chi connectivity index (χ1) is 14.6. The van der Waals surface area contributed by atoms with Crippen LogP contribution in [0.5, 0.6) is 0 Å². The summed E-state index contributed by atoms with van der Waals surface area (Å²) < 4.78 is 0. The van der Waals surface area contributed by atoms with Crippen molar-refractivity contribution in [2.24, 2.45) is 17.4 Å². The van der Waals surface area contributed by atoms with Gasteiger partial charge in [0.1, 0.15) is 18.6 Å². The topological polar surface area (TPSA) is 205 Å². The van der Waals surface area contributed by atoms with Crippen molar-refractivity contribution in [2.45, 2.75) is 57.7 Å². The van der Waals surface area contributed by atoms with Crippen LogP contribution in [0, 0.1) is 5.92 Å². The highest BCUT2D eigenvalue weighted by Crippen LogP contribution is 2.06. The van der Waals surface area contributed by atoms with Crippen LogP contribution in [0.4, 0.5) is 0 Å². The zero-order chi connectivity index (χ0) is 23.4. The maximum Gasteiger partial charge on any atom is 0.322 e. The van der Waals surface area contributed by atoms with E-state index in [-0.39, 0.29) is 12.3 Å². The fraction of sp³-hybridized carbons (Fsp3) is 0.632. The molecule has 3 unspecified atom stereocenters. The first kappa shape index (κ1) is 26.0. The molecule has 31 heavy (non-hydrogen) atoms. The minimum atomic E-state index is -1.21. The van der Waals surface area contributed by atoms with E-state index in [0.717, 1.165) is 0 Å². The first-order valence-corrected chi connectivity index (χ1v) is 10.2. The number of nitrogens with one attached hydrogen (secondary N) is 4. The van der Waals surface area contributed by atoms with E-state index in [1.807, 2.05) is 0 Å². The second-order valence-corrected chi connectivity index (χ2v) is 7.57. The summed E-state index contributed by atoms with van der Waals surface area (Å²) >= 11 is 0. The third-order valence-electron chi connectivity index (χ3n) is 4.63. The molecule has 3 atom stereocenters. The normalized spacial score (nSPS) is 13.8. The lowest BCUT2D eigenvalue weighted by Gasteiger charge is -2.24. The van der Waals surface area contributed by atoms with Crippen molar-refractivity contribution in [1.82, 2.24) is 25.9 Å². The van der Waals surface area contributed by atoms with Crippen molar-refractivity contribution < 1.29 is 24.3 Å². The Morgan fingerprint density at radius 3 is 2.32 bits per heavy atom. The number of nitrogens with two attached hydrogens (primary N) is 2. The molecule has 1 aromatic rings. The summed E-state index contributed by atoms with van der Waals surface area (Å²) in [4.78, 5) is 55.3. The Balaban J connectivity index is 2.93. The molecule has 0 aliphatic heterocycles. The Kier molecular flexibility index (Phi) is 11.2. The van der Waals surface area contributed by atoms with E-state index in [0.29, 0.717) is 31.5 Å². The number of aromatic nitrogens is 2.